The number of benzene rings is 1. The van der Waals surface area contributed by atoms with E-state index in [2.05, 4.69) is 30.1 Å². The molecule has 3 rings (SSSR count). The van der Waals surface area contributed by atoms with E-state index >= 15 is 0 Å². The Kier molecular flexibility index (Phi) is 4.86. The number of hydrogen-bond acceptors (Lipinski definition) is 9. The van der Waals surface area contributed by atoms with Gasteiger partial charge in [-0.3, -0.25) is 0 Å². The Bertz CT molecular complexity index is 1070. The average Bonchev–Trinajstić information content (AvgIpc) is 2.90. The lowest BCUT2D eigenvalue weighted by atomic mass is 10.3. The van der Waals surface area contributed by atoms with Gasteiger partial charge in [0, 0.05) is 11.4 Å². The molecule has 0 aliphatic heterocycles. The summed E-state index contributed by atoms with van der Waals surface area (Å²) in [4.78, 5) is 8.20. The highest BCUT2D eigenvalue weighted by atomic mass is 32.2. The van der Waals surface area contributed by atoms with Crippen molar-refractivity contribution in [3.05, 3.63) is 47.4 Å². The number of hydrogen-bond donors (Lipinski definition) is 2. The fourth-order valence-electron chi connectivity index (χ4n) is 2.25. The first-order valence-electron chi connectivity index (χ1n) is 7.83. The number of azo groups is 1. The summed E-state index contributed by atoms with van der Waals surface area (Å²) in [6.45, 7) is 5.21. The molecule has 10 nitrogen and oxygen atoms in total. The van der Waals surface area contributed by atoms with Gasteiger partial charge in [0.25, 0.3) is 10.0 Å². The van der Waals surface area contributed by atoms with Crippen LogP contribution < -0.4 is 10.5 Å². The molecule has 0 saturated carbocycles. The van der Waals surface area contributed by atoms with Crippen molar-refractivity contribution in [2.24, 2.45) is 10.2 Å². The Labute approximate surface area is 155 Å². The topological polar surface area (TPSA) is 149 Å². The summed E-state index contributed by atoms with van der Waals surface area (Å²) in [6, 6.07) is 7.59. The lowest BCUT2D eigenvalue weighted by Gasteiger charge is -2.08. The van der Waals surface area contributed by atoms with Gasteiger partial charge in [0.2, 0.25) is 11.8 Å². The first-order valence-corrected chi connectivity index (χ1v) is 9.31. The molecule has 0 aliphatic rings. The van der Waals surface area contributed by atoms with Crippen molar-refractivity contribution >= 4 is 33.2 Å². The van der Waals surface area contributed by atoms with Crippen molar-refractivity contribution in [1.29, 1.82) is 0 Å². The van der Waals surface area contributed by atoms with E-state index in [0.29, 0.717) is 28.5 Å². The van der Waals surface area contributed by atoms with E-state index < -0.39 is 10.0 Å². The van der Waals surface area contributed by atoms with Crippen LogP contribution in [-0.4, -0.2) is 23.5 Å². The van der Waals surface area contributed by atoms with Crippen LogP contribution in [0, 0.1) is 20.8 Å². The van der Waals surface area contributed by atoms with E-state index in [9.17, 15) is 8.42 Å². The van der Waals surface area contributed by atoms with E-state index in [-0.39, 0.29) is 16.7 Å². The molecule has 1 aromatic carbocycles. The maximum absolute atomic E-state index is 12.5. The second-order valence-corrected chi connectivity index (χ2v) is 7.44. The normalized spacial score (nSPS) is 11.8. The molecule has 27 heavy (non-hydrogen) atoms. The number of nitrogen functional groups attached to an aromatic ring is 1. The standard InChI is InChI=1S/C16H17N7O3S/c1-9-8-10(2)19-16(18-9)23-27(24,25)13-6-4-12(5-7-13)20-21-14-11(3)22-26-15(14)17/h4-8H,17H2,1-3H3,(H,18,19,23). The van der Waals surface area contributed by atoms with Gasteiger partial charge in [0.15, 0.2) is 5.69 Å². The Morgan fingerprint density at radius 2 is 1.67 bits per heavy atom. The number of aromatic nitrogens is 3. The van der Waals surface area contributed by atoms with Crippen LogP contribution in [0.2, 0.25) is 0 Å². The van der Waals surface area contributed by atoms with Gasteiger partial charge in [-0.15, -0.1) is 5.11 Å². The number of nitrogens with two attached hydrogens (primary N) is 1. The molecule has 0 fully saturated rings. The maximum Gasteiger partial charge on any atom is 0.264 e. The van der Waals surface area contributed by atoms with Gasteiger partial charge in [-0.2, -0.15) is 5.11 Å². The van der Waals surface area contributed by atoms with Gasteiger partial charge in [0.1, 0.15) is 5.69 Å². The third-order valence-corrected chi connectivity index (χ3v) is 4.82. The van der Waals surface area contributed by atoms with E-state index in [1.165, 1.54) is 24.3 Å². The number of aryl methyl sites for hydroxylation is 3. The minimum atomic E-state index is -3.83. The minimum Gasteiger partial charge on any atom is -0.366 e. The van der Waals surface area contributed by atoms with Gasteiger partial charge >= 0.3 is 0 Å². The highest BCUT2D eigenvalue weighted by Gasteiger charge is 2.16. The molecule has 0 saturated heterocycles. The highest BCUT2D eigenvalue weighted by molar-refractivity contribution is 7.92. The predicted molar refractivity (Wildman–Crippen MR) is 98.6 cm³/mol. The molecule has 0 atom stereocenters. The van der Waals surface area contributed by atoms with Gasteiger partial charge in [-0.1, -0.05) is 5.16 Å². The second-order valence-electron chi connectivity index (χ2n) is 5.75. The van der Waals surface area contributed by atoms with E-state index in [1.807, 2.05) is 0 Å². The van der Waals surface area contributed by atoms with Crippen molar-refractivity contribution in [2.45, 2.75) is 25.7 Å². The van der Waals surface area contributed by atoms with Crippen molar-refractivity contribution in [1.82, 2.24) is 15.1 Å². The molecule has 3 aromatic rings. The number of nitrogens with zero attached hydrogens (tertiary/aromatic N) is 5. The van der Waals surface area contributed by atoms with Crippen molar-refractivity contribution in [3.63, 3.8) is 0 Å². The quantitative estimate of drug-likeness (QED) is 0.638. The molecular weight excluding hydrogens is 370 g/mol. The summed E-state index contributed by atoms with van der Waals surface area (Å²) in [5.41, 5.74) is 8.21. The minimum absolute atomic E-state index is 0.0228. The molecule has 0 bridgehead atoms. The smallest absolute Gasteiger partial charge is 0.264 e. The SMILES string of the molecule is Cc1cc(C)nc(NS(=O)(=O)c2ccc(N=Nc3c(C)noc3N)cc2)n1. The molecule has 0 amide bonds. The third kappa shape index (κ3) is 4.26. The van der Waals surface area contributed by atoms with Crippen LogP contribution in [0.5, 0.6) is 0 Å². The Morgan fingerprint density at radius 3 is 2.22 bits per heavy atom. The molecule has 140 valence electrons. The van der Waals surface area contributed by atoms with E-state index in [0.717, 1.165) is 0 Å². The largest absolute Gasteiger partial charge is 0.366 e. The first-order chi connectivity index (χ1) is 12.7. The van der Waals surface area contributed by atoms with Gasteiger partial charge in [-0.25, -0.2) is 23.1 Å². The molecule has 0 radical (unpaired) electrons. The Balaban J connectivity index is 1.79. The fourth-order valence-corrected chi connectivity index (χ4v) is 3.20. The van der Waals surface area contributed by atoms with Gasteiger partial charge < -0.3 is 10.3 Å². The first kappa shape index (κ1) is 18.5. The average molecular weight is 387 g/mol. The summed E-state index contributed by atoms with van der Waals surface area (Å²) in [7, 11) is -3.83. The van der Waals surface area contributed by atoms with E-state index in [4.69, 9.17) is 10.3 Å². The number of sulfonamides is 1. The van der Waals surface area contributed by atoms with E-state index in [1.54, 1.807) is 26.8 Å². The van der Waals surface area contributed by atoms with Crippen LogP contribution >= 0.6 is 0 Å². The Morgan fingerprint density at radius 1 is 1.04 bits per heavy atom. The lowest BCUT2D eigenvalue weighted by Crippen LogP contribution is -2.15. The number of rotatable bonds is 5. The zero-order chi connectivity index (χ0) is 19.6. The third-order valence-electron chi connectivity index (χ3n) is 3.48. The summed E-state index contributed by atoms with van der Waals surface area (Å²) >= 11 is 0. The lowest BCUT2D eigenvalue weighted by molar-refractivity contribution is 0.431. The molecule has 11 heteroatoms. The van der Waals surface area contributed by atoms with Crippen LogP contribution in [0.15, 0.2) is 50.0 Å². The molecule has 2 heterocycles. The summed E-state index contributed by atoms with van der Waals surface area (Å²) < 4.78 is 32.1. The molecule has 0 unspecified atom stereocenters. The number of nitrogens with one attached hydrogen (secondary N) is 1. The van der Waals surface area contributed by atoms with Crippen molar-refractivity contribution < 1.29 is 12.9 Å². The predicted octanol–water partition coefficient (Wildman–Crippen LogP) is 3.19. The van der Waals surface area contributed by atoms with Crippen LogP contribution in [0.3, 0.4) is 0 Å². The highest BCUT2D eigenvalue weighted by Crippen LogP contribution is 2.28. The van der Waals surface area contributed by atoms with Crippen molar-refractivity contribution in [2.75, 3.05) is 10.5 Å². The van der Waals surface area contributed by atoms with Crippen LogP contribution in [-0.2, 0) is 10.0 Å². The molecule has 2 aromatic heterocycles. The molecule has 0 aliphatic carbocycles. The number of anilines is 2. The maximum atomic E-state index is 12.5. The van der Waals surface area contributed by atoms with Gasteiger partial charge in [-0.05, 0) is 51.1 Å². The van der Waals surface area contributed by atoms with Crippen molar-refractivity contribution in [3.8, 4) is 0 Å². The van der Waals surface area contributed by atoms with Crippen LogP contribution in [0.25, 0.3) is 0 Å². The monoisotopic (exact) mass is 387 g/mol. The molecule has 3 N–H and O–H groups in total. The zero-order valence-corrected chi connectivity index (χ0v) is 15.6. The zero-order valence-electron chi connectivity index (χ0n) is 14.8. The second kappa shape index (κ2) is 7.11. The molecular formula is C16H17N7O3S. The summed E-state index contributed by atoms with van der Waals surface area (Å²) in [5.74, 6) is 0.0859. The van der Waals surface area contributed by atoms with Crippen LogP contribution in [0.1, 0.15) is 17.1 Å². The molecule has 0 spiro atoms. The summed E-state index contributed by atoms with van der Waals surface area (Å²) in [5, 5.41) is 11.7. The fraction of sp³-hybridized carbons (Fsp3) is 0.188. The van der Waals surface area contributed by atoms with Crippen LogP contribution in [0.4, 0.5) is 23.2 Å². The summed E-state index contributed by atoms with van der Waals surface area (Å²) in [6.07, 6.45) is 0. The van der Waals surface area contributed by atoms with Gasteiger partial charge in [0.05, 0.1) is 10.6 Å². The Hall–Kier alpha value is -3.34.